The number of nitrogens with two attached hydrogens (primary N) is 1. The van der Waals surface area contributed by atoms with E-state index in [-0.39, 0.29) is 10.8 Å². The van der Waals surface area contributed by atoms with Crippen molar-refractivity contribution in [3.8, 4) is 5.69 Å². The van der Waals surface area contributed by atoms with Gasteiger partial charge in [-0.15, -0.1) is 0 Å². The topological polar surface area (TPSA) is 107 Å². The molecule has 0 radical (unpaired) electrons. The van der Waals surface area contributed by atoms with Gasteiger partial charge in [0.25, 0.3) is 5.91 Å². The lowest BCUT2D eigenvalue weighted by Crippen LogP contribution is -2.17. The van der Waals surface area contributed by atoms with Gasteiger partial charge in [-0.1, -0.05) is 36.4 Å². The summed E-state index contributed by atoms with van der Waals surface area (Å²) in [7, 11) is -3.79. The summed E-state index contributed by atoms with van der Waals surface area (Å²) in [5.74, 6) is 1.88. The molecule has 31 heavy (non-hydrogen) atoms. The number of nitrogens with one attached hydrogen (secondary N) is 1. The van der Waals surface area contributed by atoms with Gasteiger partial charge >= 0.3 is 0 Å². The summed E-state index contributed by atoms with van der Waals surface area (Å²) in [6.45, 7) is 0. The maximum absolute atomic E-state index is 13.2. The van der Waals surface area contributed by atoms with Crippen molar-refractivity contribution in [1.82, 2.24) is 9.78 Å². The Morgan fingerprint density at radius 2 is 1.74 bits per heavy atom. The van der Waals surface area contributed by atoms with Gasteiger partial charge in [0.15, 0.2) is 0 Å². The molecular formula is C22H18N4O3S2. The van der Waals surface area contributed by atoms with Crippen molar-refractivity contribution >= 4 is 44.3 Å². The molecule has 0 fully saturated rings. The maximum Gasteiger partial charge on any atom is 0.257 e. The lowest BCUT2D eigenvalue weighted by atomic mass is 10.0. The highest BCUT2D eigenvalue weighted by molar-refractivity contribution is 7.98. The lowest BCUT2D eigenvalue weighted by molar-refractivity contribution is 0.102. The average Bonchev–Trinajstić information content (AvgIpc) is 3.35. The van der Waals surface area contributed by atoms with Crippen molar-refractivity contribution < 1.29 is 13.2 Å². The Bertz CT molecular complexity index is 1420. The van der Waals surface area contributed by atoms with Crippen LogP contribution in [0, 0.1) is 0 Å². The molecule has 1 aromatic heterocycles. The average molecular weight is 451 g/mol. The largest absolute Gasteiger partial charge is 0.306 e. The highest BCUT2D eigenvalue weighted by atomic mass is 32.2. The van der Waals surface area contributed by atoms with E-state index in [0.29, 0.717) is 17.1 Å². The number of rotatable bonds is 4. The Labute approximate surface area is 183 Å². The van der Waals surface area contributed by atoms with Gasteiger partial charge in [0.2, 0.25) is 10.0 Å². The number of primary sulfonamides is 1. The van der Waals surface area contributed by atoms with Gasteiger partial charge in [-0.3, -0.25) is 4.79 Å². The number of anilines is 1. The highest BCUT2D eigenvalue weighted by Crippen LogP contribution is 2.36. The second-order valence-corrected chi connectivity index (χ2v) is 9.75. The monoisotopic (exact) mass is 450 g/mol. The molecule has 0 saturated carbocycles. The van der Waals surface area contributed by atoms with Gasteiger partial charge in [-0.05, 0) is 41.1 Å². The molecule has 1 aliphatic rings. The summed E-state index contributed by atoms with van der Waals surface area (Å²) in [4.78, 5) is 13.3. The van der Waals surface area contributed by atoms with E-state index in [1.165, 1.54) is 12.1 Å². The van der Waals surface area contributed by atoms with Crippen molar-refractivity contribution in [1.29, 1.82) is 0 Å². The van der Waals surface area contributed by atoms with Crippen LogP contribution in [-0.4, -0.2) is 24.1 Å². The number of benzene rings is 3. The predicted molar refractivity (Wildman–Crippen MR) is 122 cm³/mol. The van der Waals surface area contributed by atoms with Crippen LogP contribution in [0.2, 0.25) is 0 Å². The molecule has 0 saturated heterocycles. The Hall–Kier alpha value is -3.14. The molecule has 5 rings (SSSR count). The van der Waals surface area contributed by atoms with Gasteiger partial charge in [0.1, 0.15) is 5.82 Å². The summed E-state index contributed by atoms with van der Waals surface area (Å²) in [6.07, 6.45) is 0. The van der Waals surface area contributed by atoms with Gasteiger partial charge in [-0.25, -0.2) is 18.2 Å². The van der Waals surface area contributed by atoms with Crippen LogP contribution in [0.1, 0.15) is 21.6 Å². The van der Waals surface area contributed by atoms with Crippen molar-refractivity contribution in [3.63, 3.8) is 0 Å². The van der Waals surface area contributed by atoms with E-state index in [1.807, 2.05) is 36.4 Å². The molecule has 0 spiro atoms. The van der Waals surface area contributed by atoms with Crippen LogP contribution in [0.15, 0.2) is 71.6 Å². The number of fused-ring (bicyclic) bond motifs is 2. The first-order chi connectivity index (χ1) is 14.9. The Morgan fingerprint density at radius 3 is 2.52 bits per heavy atom. The third-order valence-electron chi connectivity index (χ3n) is 5.23. The summed E-state index contributed by atoms with van der Waals surface area (Å²) in [6, 6.07) is 19.5. The third kappa shape index (κ3) is 3.60. The number of carbonyl (C=O) groups is 1. The SMILES string of the molecule is NS(=O)(=O)c1ccc(-n2nc3c(c2NC(=O)c2cccc4ccccc24)CSC3)cc1. The fraction of sp³-hybridized carbons (Fsp3) is 0.0909. The normalized spacial score (nSPS) is 13.3. The van der Waals surface area contributed by atoms with Crippen molar-refractivity contribution in [2.75, 3.05) is 5.32 Å². The minimum absolute atomic E-state index is 0.0212. The molecule has 3 aromatic carbocycles. The maximum atomic E-state index is 13.2. The van der Waals surface area contributed by atoms with Gasteiger partial charge < -0.3 is 5.32 Å². The van der Waals surface area contributed by atoms with Crippen LogP contribution in [-0.2, 0) is 21.5 Å². The molecule has 7 nitrogen and oxygen atoms in total. The Morgan fingerprint density at radius 1 is 1.00 bits per heavy atom. The first kappa shape index (κ1) is 19.8. The van der Waals surface area contributed by atoms with Gasteiger partial charge in [0.05, 0.1) is 16.3 Å². The number of amides is 1. The predicted octanol–water partition coefficient (Wildman–Crippen LogP) is 3.67. The number of sulfonamides is 1. The first-order valence-corrected chi connectivity index (χ1v) is 12.2. The standard InChI is InChI=1S/C22H18N4O3S2/c23-31(28,29)16-10-8-15(9-11-16)26-21(19-12-30-13-20(19)25-26)24-22(27)18-7-3-5-14-4-1-2-6-17(14)18/h1-11H,12-13H2,(H,24,27)(H2,23,28,29). The van der Waals surface area contributed by atoms with E-state index in [2.05, 4.69) is 10.4 Å². The number of hydrogen-bond acceptors (Lipinski definition) is 5. The summed E-state index contributed by atoms with van der Waals surface area (Å²) >= 11 is 1.74. The molecule has 0 atom stereocenters. The zero-order chi connectivity index (χ0) is 21.6. The highest BCUT2D eigenvalue weighted by Gasteiger charge is 2.25. The number of aromatic nitrogens is 2. The Kier molecular flexibility index (Phi) is 4.81. The van der Waals surface area contributed by atoms with Crippen LogP contribution in [0.25, 0.3) is 16.5 Å². The molecule has 156 valence electrons. The third-order valence-corrected chi connectivity index (χ3v) is 7.13. The quantitative estimate of drug-likeness (QED) is 0.493. The molecule has 9 heteroatoms. The Balaban J connectivity index is 1.56. The zero-order valence-corrected chi connectivity index (χ0v) is 17.9. The second kappa shape index (κ2) is 7.52. The van der Waals surface area contributed by atoms with Crippen LogP contribution in [0.3, 0.4) is 0 Å². The van der Waals surface area contributed by atoms with E-state index < -0.39 is 10.0 Å². The molecule has 0 aliphatic carbocycles. The smallest absolute Gasteiger partial charge is 0.257 e. The van der Waals surface area contributed by atoms with Gasteiger partial charge in [0, 0.05) is 22.6 Å². The lowest BCUT2D eigenvalue weighted by Gasteiger charge is -2.12. The van der Waals surface area contributed by atoms with Crippen molar-refractivity contribution in [2.24, 2.45) is 5.14 Å². The zero-order valence-electron chi connectivity index (χ0n) is 16.3. The molecule has 3 N–H and O–H groups in total. The fourth-order valence-electron chi connectivity index (χ4n) is 3.70. The minimum atomic E-state index is -3.79. The van der Waals surface area contributed by atoms with Gasteiger partial charge in [-0.2, -0.15) is 16.9 Å². The second-order valence-electron chi connectivity index (χ2n) is 7.20. The van der Waals surface area contributed by atoms with E-state index in [0.717, 1.165) is 33.5 Å². The molecule has 1 aliphatic heterocycles. The van der Waals surface area contributed by atoms with E-state index in [1.54, 1.807) is 34.6 Å². The molecule has 0 unspecified atom stereocenters. The van der Waals surface area contributed by atoms with E-state index >= 15 is 0 Å². The molecule has 1 amide bonds. The summed E-state index contributed by atoms with van der Waals surface area (Å²) in [5.41, 5.74) is 3.11. The van der Waals surface area contributed by atoms with Crippen LogP contribution >= 0.6 is 11.8 Å². The number of carbonyl (C=O) groups excluding carboxylic acids is 1. The number of nitrogens with zero attached hydrogens (tertiary/aromatic N) is 2. The van der Waals surface area contributed by atoms with Crippen LogP contribution in [0.4, 0.5) is 5.82 Å². The van der Waals surface area contributed by atoms with Crippen LogP contribution in [0.5, 0.6) is 0 Å². The minimum Gasteiger partial charge on any atom is -0.306 e. The first-order valence-electron chi connectivity index (χ1n) is 9.53. The van der Waals surface area contributed by atoms with Crippen molar-refractivity contribution in [3.05, 3.63) is 83.6 Å². The van der Waals surface area contributed by atoms with Crippen LogP contribution < -0.4 is 10.5 Å². The summed E-state index contributed by atoms with van der Waals surface area (Å²) in [5, 5.41) is 14.8. The number of thioether (sulfide) groups is 1. The molecule has 2 heterocycles. The molecule has 0 bridgehead atoms. The van der Waals surface area contributed by atoms with E-state index in [9.17, 15) is 13.2 Å². The number of hydrogen-bond donors (Lipinski definition) is 2. The molecular weight excluding hydrogens is 432 g/mol. The van der Waals surface area contributed by atoms with E-state index in [4.69, 9.17) is 5.14 Å². The molecule has 4 aromatic rings. The fourth-order valence-corrected chi connectivity index (χ4v) is 5.25. The van der Waals surface area contributed by atoms with Crippen molar-refractivity contribution in [2.45, 2.75) is 16.4 Å². The summed E-state index contributed by atoms with van der Waals surface area (Å²) < 4.78 is 24.8.